The van der Waals surface area contributed by atoms with E-state index in [-0.39, 0.29) is 17.4 Å². The highest BCUT2D eigenvalue weighted by atomic mass is 16.2. The Hall–Kier alpha value is -1.84. The molecule has 23 heavy (non-hydrogen) atoms. The fraction of sp³-hybridized carbons (Fsp3) is 0.579. The van der Waals surface area contributed by atoms with Crippen LogP contribution in [0.3, 0.4) is 0 Å². The van der Waals surface area contributed by atoms with Crippen LogP contribution in [0.15, 0.2) is 18.2 Å². The average molecular weight is 318 g/mol. The molecular formula is C19H30N2O2. The molecule has 0 saturated carbocycles. The molecule has 1 rings (SSSR count). The van der Waals surface area contributed by atoms with Gasteiger partial charge in [-0.2, -0.15) is 0 Å². The van der Waals surface area contributed by atoms with Crippen molar-refractivity contribution in [3.05, 3.63) is 29.3 Å². The Balaban J connectivity index is 3.00. The molecule has 2 amide bonds. The lowest BCUT2D eigenvalue weighted by molar-refractivity contribution is -0.122. The first-order valence-electron chi connectivity index (χ1n) is 8.39. The Morgan fingerprint density at radius 2 is 1.61 bits per heavy atom. The summed E-state index contributed by atoms with van der Waals surface area (Å²) in [5.41, 5.74) is 3.02. The Morgan fingerprint density at radius 3 is 2.00 bits per heavy atom. The number of para-hydroxylation sites is 1. The van der Waals surface area contributed by atoms with Crippen LogP contribution in [0.5, 0.6) is 0 Å². The van der Waals surface area contributed by atoms with Crippen LogP contribution < -0.4 is 10.2 Å². The van der Waals surface area contributed by atoms with Crippen LogP contribution in [0.25, 0.3) is 0 Å². The minimum atomic E-state index is -0.256. The van der Waals surface area contributed by atoms with Crippen molar-refractivity contribution in [1.82, 2.24) is 5.32 Å². The second-order valence-corrected chi connectivity index (χ2v) is 6.85. The molecule has 0 aliphatic carbocycles. The first-order chi connectivity index (χ1) is 10.7. The summed E-state index contributed by atoms with van der Waals surface area (Å²) in [5.74, 6) is -0.0556. The van der Waals surface area contributed by atoms with Gasteiger partial charge in [-0.1, -0.05) is 32.0 Å². The standard InChI is InChI=1S/C19H30N2O2/c1-7-15-10-9-11-16(8-2)18(15)21(14(3)22)13-12-17(23)20-19(4,5)6/h9-11H,7-8,12-13H2,1-6H3,(H,20,23). The summed E-state index contributed by atoms with van der Waals surface area (Å²) in [7, 11) is 0. The molecule has 1 aromatic carbocycles. The molecule has 0 aromatic heterocycles. The van der Waals surface area contributed by atoms with Crippen molar-refractivity contribution in [2.45, 2.75) is 66.3 Å². The highest BCUT2D eigenvalue weighted by molar-refractivity contribution is 5.94. The van der Waals surface area contributed by atoms with Gasteiger partial charge in [0.05, 0.1) is 0 Å². The zero-order valence-corrected chi connectivity index (χ0v) is 15.3. The second kappa shape index (κ2) is 8.14. The monoisotopic (exact) mass is 318 g/mol. The van der Waals surface area contributed by atoms with Crippen molar-refractivity contribution in [1.29, 1.82) is 0 Å². The van der Waals surface area contributed by atoms with Gasteiger partial charge in [0.1, 0.15) is 0 Å². The molecule has 0 heterocycles. The molecule has 0 saturated heterocycles. The summed E-state index contributed by atoms with van der Waals surface area (Å²) < 4.78 is 0. The van der Waals surface area contributed by atoms with E-state index < -0.39 is 0 Å². The number of hydrogen-bond donors (Lipinski definition) is 1. The third-order valence-electron chi connectivity index (χ3n) is 3.69. The van der Waals surface area contributed by atoms with E-state index in [1.807, 2.05) is 26.8 Å². The molecule has 0 spiro atoms. The van der Waals surface area contributed by atoms with Gasteiger partial charge in [-0.3, -0.25) is 9.59 Å². The third kappa shape index (κ3) is 5.70. The second-order valence-electron chi connectivity index (χ2n) is 6.85. The number of hydrogen-bond acceptors (Lipinski definition) is 2. The number of anilines is 1. The smallest absolute Gasteiger partial charge is 0.223 e. The minimum absolute atomic E-state index is 0.0239. The van der Waals surface area contributed by atoms with Gasteiger partial charge in [-0.15, -0.1) is 0 Å². The molecule has 0 fully saturated rings. The molecule has 4 nitrogen and oxygen atoms in total. The lowest BCUT2D eigenvalue weighted by Crippen LogP contribution is -2.42. The highest BCUT2D eigenvalue weighted by Gasteiger charge is 2.20. The van der Waals surface area contributed by atoms with Crippen LogP contribution in [0.2, 0.25) is 0 Å². The van der Waals surface area contributed by atoms with Crippen LogP contribution in [0.4, 0.5) is 5.69 Å². The first-order valence-corrected chi connectivity index (χ1v) is 8.39. The molecule has 0 unspecified atom stereocenters. The summed E-state index contributed by atoms with van der Waals surface area (Å²) >= 11 is 0. The Kier molecular flexibility index (Phi) is 6.79. The van der Waals surface area contributed by atoms with E-state index in [9.17, 15) is 9.59 Å². The number of nitrogens with one attached hydrogen (secondary N) is 1. The first kappa shape index (κ1) is 19.2. The number of carbonyl (C=O) groups excluding carboxylic acids is 2. The molecule has 0 aliphatic heterocycles. The third-order valence-corrected chi connectivity index (χ3v) is 3.69. The maximum Gasteiger partial charge on any atom is 0.223 e. The largest absolute Gasteiger partial charge is 0.351 e. The fourth-order valence-corrected chi connectivity index (χ4v) is 2.68. The average Bonchev–Trinajstić information content (AvgIpc) is 2.45. The van der Waals surface area contributed by atoms with Gasteiger partial charge < -0.3 is 10.2 Å². The maximum absolute atomic E-state index is 12.2. The minimum Gasteiger partial charge on any atom is -0.351 e. The van der Waals surface area contributed by atoms with Gasteiger partial charge in [0.2, 0.25) is 11.8 Å². The molecule has 128 valence electrons. The van der Waals surface area contributed by atoms with E-state index in [4.69, 9.17) is 0 Å². The number of aryl methyl sites for hydroxylation is 2. The fourth-order valence-electron chi connectivity index (χ4n) is 2.68. The zero-order valence-electron chi connectivity index (χ0n) is 15.3. The van der Waals surface area contributed by atoms with E-state index >= 15 is 0 Å². The van der Waals surface area contributed by atoms with Gasteiger partial charge in [-0.05, 0) is 44.7 Å². The number of nitrogens with zero attached hydrogens (tertiary/aromatic N) is 1. The van der Waals surface area contributed by atoms with Gasteiger partial charge in [0.15, 0.2) is 0 Å². The molecule has 0 bridgehead atoms. The van der Waals surface area contributed by atoms with Gasteiger partial charge in [-0.25, -0.2) is 0 Å². The zero-order chi connectivity index (χ0) is 17.6. The van der Waals surface area contributed by atoms with Crippen LogP contribution >= 0.6 is 0 Å². The van der Waals surface area contributed by atoms with E-state index in [0.717, 1.165) is 29.7 Å². The van der Waals surface area contributed by atoms with E-state index in [1.165, 1.54) is 0 Å². The summed E-state index contributed by atoms with van der Waals surface area (Å²) in [4.78, 5) is 26.0. The molecular weight excluding hydrogens is 288 g/mol. The quantitative estimate of drug-likeness (QED) is 0.873. The van der Waals surface area contributed by atoms with Crippen LogP contribution in [-0.4, -0.2) is 23.9 Å². The highest BCUT2D eigenvalue weighted by Crippen LogP contribution is 2.27. The summed E-state index contributed by atoms with van der Waals surface area (Å²) in [6.45, 7) is 12.0. The molecule has 0 radical (unpaired) electrons. The van der Waals surface area contributed by atoms with Crippen molar-refractivity contribution in [3.63, 3.8) is 0 Å². The van der Waals surface area contributed by atoms with Crippen LogP contribution in [-0.2, 0) is 22.4 Å². The molecule has 1 N–H and O–H groups in total. The van der Waals surface area contributed by atoms with Gasteiger partial charge in [0.25, 0.3) is 0 Å². The normalized spacial score (nSPS) is 11.2. The summed E-state index contributed by atoms with van der Waals surface area (Å²) in [6.07, 6.45) is 2.03. The van der Waals surface area contributed by atoms with E-state index in [0.29, 0.717) is 13.0 Å². The molecule has 0 atom stereocenters. The van der Waals surface area contributed by atoms with E-state index in [1.54, 1.807) is 11.8 Å². The predicted octanol–water partition coefficient (Wildman–Crippen LogP) is 3.47. The van der Waals surface area contributed by atoms with Crippen LogP contribution in [0.1, 0.15) is 59.1 Å². The van der Waals surface area contributed by atoms with Crippen molar-refractivity contribution in [2.24, 2.45) is 0 Å². The number of carbonyl (C=O) groups is 2. The maximum atomic E-state index is 12.2. The number of amides is 2. The Labute approximate surface area is 140 Å². The summed E-state index contributed by atoms with van der Waals surface area (Å²) in [6, 6.07) is 6.14. The summed E-state index contributed by atoms with van der Waals surface area (Å²) in [5, 5.41) is 2.95. The molecule has 1 aromatic rings. The molecule has 0 aliphatic rings. The van der Waals surface area contributed by atoms with Crippen molar-refractivity contribution in [2.75, 3.05) is 11.4 Å². The number of benzene rings is 1. The SMILES string of the molecule is CCc1cccc(CC)c1N(CCC(=O)NC(C)(C)C)C(C)=O. The lowest BCUT2D eigenvalue weighted by atomic mass is 10.0. The van der Waals surface area contributed by atoms with Gasteiger partial charge in [0, 0.05) is 31.1 Å². The topological polar surface area (TPSA) is 49.4 Å². The van der Waals surface area contributed by atoms with Crippen molar-refractivity contribution in [3.8, 4) is 0 Å². The van der Waals surface area contributed by atoms with Crippen LogP contribution in [0, 0.1) is 0 Å². The van der Waals surface area contributed by atoms with Crippen molar-refractivity contribution < 1.29 is 9.59 Å². The predicted molar refractivity (Wildman–Crippen MR) is 95.7 cm³/mol. The Bertz CT molecular complexity index is 537. The lowest BCUT2D eigenvalue weighted by Gasteiger charge is -2.27. The Morgan fingerprint density at radius 1 is 1.09 bits per heavy atom. The van der Waals surface area contributed by atoms with Crippen molar-refractivity contribution >= 4 is 17.5 Å². The van der Waals surface area contributed by atoms with E-state index in [2.05, 4.69) is 31.3 Å². The molecule has 4 heteroatoms. The van der Waals surface area contributed by atoms with Gasteiger partial charge >= 0.3 is 0 Å². The number of rotatable bonds is 6.